The molecule has 0 aliphatic rings. The Kier molecular flexibility index (Phi) is 8.75. The molecule has 13 heteroatoms. The third kappa shape index (κ3) is 7.04. The van der Waals surface area contributed by atoms with Crippen LogP contribution in [0.1, 0.15) is 13.8 Å². The van der Waals surface area contributed by atoms with E-state index >= 15 is 0 Å². The van der Waals surface area contributed by atoms with Crippen molar-refractivity contribution < 1.29 is 32.2 Å². The molecule has 1 aromatic heterocycles. The molecule has 11 nitrogen and oxygen atoms in total. The Morgan fingerprint density at radius 2 is 1.62 bits per heavy atom. The molecule has 1 heterocycles. The molecular formula is C19H23ClN4O7S. The second-order valence-corrected chi connectivity index (χ2v) is 8.88. The molecule has 0 aliphatic heterocycles. The lowest BCUT2D eigenvalue weighted by Gasteiger charge is -2.20. The molecule has 0 radical (unpaired) electrons. The van der Waals surface area contributed by atoms with Crippen LogP contribution in [0.4, 0.5) is 5.95 Å². The molecule has 0 unspecified atom stereocenters. The van der Waals surface area contributed by atoms with Crippen molar-refractivity contribution in [2.75, 3.05) is 26.1 Å². The summed E-state index contributed by atoms with van der Waals surface area (Å²) >= 11 is 5.78. The standard InChI is InChI=1S/C19H23ClN4O7S/c1-11(2)17(24-32(27,28)13-7-5-12(20)6-8-13)18(26)31-10-14(25)21-19-22-15(29-3)9-16(23-19)30-4/h5-9,11,17,24H,10H2,1-4H3,(H,21,22,23,25)/t17-/m0/s1. The van der Waals surface area contributed by atoms with Crippen LogP contribution >= 0.6 is 11.6 Å². The number of anilines is 1. The monoisotopic (exact) mass is 486 g/mol. The van der Waals surface area contributed by atoms with Crippen LogP contribution in [-0.2, 0) is 24.3 Å². The van der Waals surface area contributed by atoms with Crippen molar-refractivity contribution in [3.8, 4) is 11.8 Å². The molecular weight excluding hydrogens is 464 g/mol. The maximum Gasteiger partial charge on any atom is 0.324 e. The number of ether oxygens (including phenoxy) is 3. The zero-order valence-corrected chi connectivity index (χ0v) is 19.4. The number of sulfonamides is 1. The molecule has 32 heavy (non-hydrogen) atoms. The summed E-state index contributed by atoms with van der Waals surface area (Å²) in [7, 11) is -1.26. The Morgan fingerprint density at radius 3 is 2.12 bits per heavy atom. The fourth-order valence-electron chi connectivity index (χ4n) is 2.36. The van der Waals surface area contributed by atoms with Gasteiger partial charge in [-0.2, -0.15) is 14.7 Å². The van der Waals surface area contributed by atoms with Gasteiger partial charge in [-0.3, -0.25) is 14.9 Å². The van der Waals surface area contributed by atoms with Crippen molar-refractivity contribution in [1.82, 2.24) is 14.7 Å². The van der Waals surface area contributed by atoms with Gasteiger partial charge in [0.2, 0.25) is 27.7 Å². The summed E-state index contributed by atoms with van der Waals surface area (Å²) in [4.78, 5) is 32.4. The first kappa shape index (κ1) is 25.3. The molecule has 2 N–H and O–H groups in total. The maximum atomic E-state index is 12.6. The van der Waals surface area contributed by atoms with Gasteiger partial charge < -0.3 is 14.2 Å². The minimum atomic E-state index is -4.03. The van der Waals surface area contributed by atoms with Crippen LogP contribution in [0, 0.1) is 5.92 Å². The molecule has 1 atom stereocenters. The molecule has 1 amide bonds. The van der Waals surface area contributed by atoms with Gasteiger partial charge in [-0.1, -0.05) is 25.4 Å². The van der Waals surface area contributed by atoms with E-state index in [4.69, 9.17) is 25.8 Å². The van der Waals surface area contributed by atoms with Crippen molar-refractivity contribution in [1.29, 1.82) is 0 Å². The maximum absolute atomic E-state index is 12.6. The highest BCUT2D eigenvalue weighted by atomic mass is 35.5. The summed E-state index contributed by atoms with van der Waals surface area (Å²) in [6.45, 7) is 2.58. The van der Waals surface area contributed by atoms with Gasteiger partial charge in [-0.25, -0.2) is 8.42 Å². The molecule has 1 aromatic carbocycles. The average Bonchev–Trinajstić information content (AvgIpc) is 2.75. The van der Waals surface area contributed by atoms with E-state index in [1.807, 2.05) is 0 Å². The van der Waals surface area contributed by atoms with E-state index in [1.165, 1.54) is 44.6 Å². The highest BCUT2D eigenvalue weighted by molar-refractivity contribution is 7.89. The molecule has 0 bridgehead atoms. The highest BCUT2D eigenvalue weighted by Gasteiger charge is 2.30. The van der Waals surface area contributed by atoms with Crippen molar-refractivity contribution >= 4 is 39.4 Å². The average molecular weight is 487 g/mol. The normalized spacial score (nSPS) is 12.2. The fraction of sp³-hybridized carbons (Fsp3) is 0.368. The molecule has 0 aliphatic carbocycles. The quantitative estimate of drug-likeness (QED) is 0.478. The van der Waals surface area contributed by atoms with Gasteiger partial charge in [0.15, 0.2) is 6.61 Å². The Morgan fingerprint density at radius 1 is 1.06 bits per heavy atom. The summed E-state index contributed by atoms with van der Waals surface area (Å²) in [5, 5.41) is 2.71. The lowest BCUT2D eigenvalue weighted by Crippen LogP contribution is -2.45. The number of nitrogens with zero attached hydrogens (tertiary/aromatic N) is 2. The summed E-state index contributed by atoms with van der Waals surface area (Å²) in [5.41, 5.74) is 0. The van der Waals surface area contributed by atoms with Crippen LogP contribution < -0.4 is 19.5 Å². The van der Waals surface area contributed by atoms with Crippen LogP contribution in [0.5, 0.6) is 11.8 Å². The van der Waals surface area contributed by atoms with Gasteiger partial charge >= 0.3 is 5.97 Å². The van der Waals surface area contributed by atoms with Gasteiger partial charge in [0.25, 0.3) is 5.91 Å². The minimum Gasteiger partial charge on any atom is -0.481 e. The number of halogens is 1. The van der Waals surface area contributed by atoms with E-state index in [0.29, 0.717) is 5.02 Å². The largest absolute Gasteiger partial charge is 0.481 e. The minimum absolute atomic E-state index is 0.0674. The molecule has 0 spiro atoms. The number of rotatable bonds is 10. The number of aromatic nitrogens is 2. The number of benzene rings is 1. The van der Waals surface area contributed by atoms with E-state index in [9.17, 15) is 18.0 Å². The first-order valence-corrected chi connectivity index (χ1v) is 11.1. The number of carbonyl (C=O) groups excluding carboxylic acids is 2. The number of esters is 1. The summed E-state index contributed by atoms with van der Waals surface area (Å²) < 4.78 is 42.4. The van der Waals surface area contributed by atoms with E-state index in [1.54, 1.807) is 13.8 Å². The summed E-state index contributed by atoms with van der Waals surface area (Å²) in [6, 6.07) is 5.64. The number of carbonyl (C=O) groups is 2. The number of nitrogens with one attached hydrogen (secondary N) is 2. The van der Waals surface area contributed by atoms with Crippen molar-refractivity contribution in [3.63, 3.8) is 0 Å². The lowest BCUT2D eigenvalue weighted by molar-refractivity contribution is -0.150. The Labute approximate surface area is 190 Å². The lowest BCUT2D eigenvalue weighted by atomic mass is 10.1. The predicted octanol–water partition coefficient (Wildman–Crippen LogP) is 1.63. The summed E-state index contributed by atoms with van der Waals surface area (Å²) in [5.74, 6) is -1.93. The molecule has 174 valence electrons. The fourth-order valence-corrected chi connectivity index (χ4v) is 3.82. The van der Waals surface area contributed by atoms with Crippen LogP contribution in [-0.4, -0.2) is 57.1 Å². The molecule has 2 aromatic rings. The first-order chi connectivity index (χ1) is 15.1. The third-order valence-corrected chi connectivity index (χ3v) is 5.73. The van der Waals surface area contributed by atoms with Gasteiger partial charge in [-0.05, 0) is 30.2 Å². The number of amides is 1. The zero-order valence-electron chi connectivity index (χ0n) is 17.8. The van der Waals surface area contributed by atoms with Crippen LogP contribution in [0.15, 0.2) is 35.2 Å². The van der Waals surface area contributed by atoms with Gasteiger partial charge in [0.1, 0.15) is 6.04 Å². The molecule has 0 fully saturated rings. The molecule has 0 saturated heterocycles. The molecule has 2 rings (SSSR count). The van der Waals surface area contributed by atoms with E-state index < -0.39 is 40.5 Å². The topological polar surface area (TPSA) is 146 Å². The first-order valence-electron chi connectivity index (χ1n) is 9.27. The van der Waals surface area contributed by atoms with Gasteiger partial charge in [-0.15, -0.1) is 0 Å². The number of hydrogen-bond acceptors (Lipinski definition) is 9. The van der Waals surface area contributed by atoms with Crippen molar-refractivity contribution in [3.05, 3.63) is 35.4 Å². The van der Waals surface area contributed by atoms with E-state index in [-0.39, 0.29) is 22.6 Å². The Bertz CT molecular complexity index is 1040. The van der Waals surface area contributed by atoms with Crippen LogP contribution in [0.25, 0.3) is 0 Å². The number of hydrogen-bond donors (Lipinski definition) is 2. The molecule has 0 saturated carbocycles. The van der Waals surface area contributed by atoms with E-state index in [0.717, 1.165) is 0 Å². The van der Waals surface area contributed by atoms with E-state index in [2.05, 4.69) is 20.0 Å². The Balaban J connectivity index is 2.02. The van der Waals surface area contributed by atoms with Gasteiger partial charge in [0.05, 0.1) is 25.2 Å². The van der Waals surface area contributed by atoms with Crippen LogP contribution in [0.3, 0.4) is 0 Å². The van der Waals surface area contributed by atoms with Crippen molar-refractivity contribution in [2.45, 2.75) is 24.8 Å². The van der Waals surface area contributed by atoms with Crippen molar-refractivity contribution in [2.24, 2.45) is 5.92 Å². The smallest absolute Gasteiger partial charge is 0.324 e. The Hall–Kier alpha value is -2.96. The predicted molar refractivity (Wildman–Crippen MR) is 115 cm³/mol. The summed E-state index contributed by atoms with van der Waals surface area (Å²) in [6.07, 6.45) is 0. The SMILES string of the molecule is COc1cc(OC)nc(NC(=O)COC(=O)[C@@H](NS(=O)(=O)c2ccc(Cl)cc2)C(C)C)n1. The third-order valence-electron chi connectivity index (χ3n) is 4.02. The van der Waals surface area contributed by atoms with Crippen LogP contribution in [0.2, 0.25) is 5.02 Å². The van der Waals surface area contributed by atoms with Gasteiger partial charge in [0, 0.05) is 5.02 Å². The second kappa shape index (κ2) is 11.1. The highest BCUT2D eigenvalue weighted by Crippen LogP contribution is 2.18. The zero-order chi connectivity index (χ0) is 23.9. The second-order valence-electron chi connectivity index (χ2n) is 6.73. The number of methoxy groups -OCH3 is 2.